The van der Waals surface area contributed by atoms with E-state index in [1.807, 2.05) is 13.8 Å². The highest BCUT2D eigenvalue weighted by molar-refractivity contribution is 8.00. The lowest BCUT2D eigenvalue weighted by atomic mass is 10.2. The number of amides is 1. The van der Waals surface area contributed by atoms with Crippen molar-refractivity contribution in [2.45, 2.75) is 41.3 Å². The summed E-state index contributed by atoms with van der Waals surface area (Å²) in [6.45, 7) is 3.80. The van der Waals surface area contributed by atoms with Crippen molar-refractivity contribution in [3.8, 4) is 0 Å². The molecule has 7 nitrogen and oxygen atoms in total. The second kappa shape index (κ2) is 9.84. The molecule has 1 atom stereocenters. The molecule has 0 saturated carbocycles. The molecule has 2 aromatic carbocycles. The number of anilines is 1. The Bertz CT molecular complexity index is 1180. The normalized spacial score (nSPS) is 12.5. The van der Waals surface area contributed by atoms with E-state index in [-0.39, 0.29) is 16.6 Å². The number of aryl methyl sites for hydroxylation is 1. The Kier molecular flexibility index (Phi) is 7.40. The van der Waals surface area contributed by atoms with Crippen LogP contribution in [0.2, 0.25) is 5.02 Å². The summed E-state index contributed by atoms with van der Waals surface area (Å²) in [7, 11) is -1.86. The average molecular weight is 479 g/mol. The highest BCUT2D eigenvalue weighted by Gasteiger charge is 2.24. The minimum Gasteiger partial charge on any atom is -0.325 e. The Morgan fingerprint density at radius 2 is 1.90 bits per heavy atom. The Morgan fingerprint density at radius 1 is 1.19 bits per heavy atom. The third kappa shape index (κ3) is 5.87. The lowest BCUT2D eigenvalue weighted by Gasteiger charge is -2.14. The molecule has 164 valence electrons. The first-order chi connectivity index (χ1) is 14.7. The summed E-state index contributed by atoms with van der Waals surface area (Å²) in [5.41, 5.74) is 1.59. The summed E-state index contributed by atoms with van der Waals surface area (Å²) in [5.74, 6) is -0.147. The van der Waals surface area contributed by atoms with Gasteiger partial charge in [0.1, 0.15) is 11.6 Å². The van der Waals surface area contributed by atoms with Crippen LogP contribution in [0.4, 0.5) is 5.69 Å². The monoisotopic (exact) mass is 478 g/mol. The predicted octanol–water partition coefficient (Wildman–Crippen LogP) is 4.26. The fourth-order valence-corrected chi connectivity index (χ4v) is 5.25. The molecule has 31 heavy (non-hydrogen) atoms. The number of thioether (sulfide) groups is 1. The lowest BCUT2D eigenvalue weighted by molar-refractivity contribution is -0.115. The number of nitrogens with zero attached hydrogens (tertiary/aromatic N) is 3. The second-order valence-corrected chi connectivity index (χ2v) is 10.6. The summed E-state index contributed by atoms with van der Waals surface area (Å²) in [6.07, 6.45) is 0.556. The van der Waals surface area contributed by atoms with Gasteiger partial charge in [-0.15, -0.1) is 10.2 Å². The van der Waals surface area contributed by atoms with E-state index in [0.717, 1.165) is 5.56 Å². The maximum absolute atomic E-state index is 12.7. The Hall–Kier alpha value is -2.36. The van der Waals surface area contributed by atoms with Gasteiger partial charge in [-0.3, -0.25) is 4.79 Å². The van der Waals surface area contributed by atoms with Crippen LogP contribution in [-0.4, -0.2) is 34.3 Å². The SMILES string of the molecule is CCC(Sc1nnc(CS(=O)(=O)c2ccc(C)cc2)n1C)C(=O)Nc1cccc(Cl)c1. The zero-order valence-corrected chi connectivity index (χ0v) is 19.8. The Morgan fingerprint density at radius 3 is 2.55 bits per heavy atom. The van der Waals surface area contributed by atoms with Gasteiger partial charge in [0, 0.05) is 17.8 Å². The van der Waals surface area contributed by atoms with Crippen molar-refractivity contribution in [2.24, 2.45) is 7.05 Å². The molecule has 3 rings (SSSR count). The summed E-state index contributed by atoms with van der Waals surface area (Å²) >= 11 is 7.21. The number of sulfone groups is 1. The molecule has 0 radical (unpaired) electrons. The number of nitrogens with one attached hydrogen (secondary N) is 1. The number of carbonyl (C=O) groups excluding carboxylic acids is 1. The molecule has 0 fully saturated rings. The molecule has 0 bridgehead atoms. The summed E-state index contributed by atoms with van der Waals surface area (Å²) < 4.78 is 27.1. The number of carbonyl (C=O) groups is 1. The van der Waals surface area contributed by atoms with Crippen LogP contribution >= 0.6 is 23.4 Å². The molecule has 0 aliphatic rings. The fourth-order valence-electron chi connectivity index (χ4n) is 2.81. The quantitative estimate of drug-likeness (QED) is 0.486. The number of aromatic nitrogens is 3. The fraction of sp³-hybridized carbons (Fsp3) is 0.286. The highest BCUT2D eigenvalue weighted by atomic mass is 35.5. The van der Waals surface area contributed by atoms with Crippen LogP contribution in [0.25, 0.3) is 0 Å². The van der Waals surface area contributed by atoms with Gasteiger partial charge >= 0.3 is 0 Å². The van der Waals surface area contributed by atoms with Gasteiger partial charge in [-0.05, 0) is 43.7 Å². The standard InChI is InChI=1S/C21H23ClN4O3S2/c1-4-18(20(27)23-16-7-5-6-15(22)12-16)30-21-25-24-19(26(21)3)13-31(28,29)17-10-8-14(2)9-11-17/h5-12,18H,4,13H2,1-3H3,(H,23,27). The van der Waals surface area contributed by atoms with E-state index >= 15 is 0 Å². The van der Waals surface area contributed by atoms with E-state index in [2.05, 4.69) is 15.5 Å². The van der Waals surface area contributed by atoms with E-state index in [4.69, 9.17) is 11.6 Å². The smallest absolute Gasteiger partial charge is 0.237 e. The summed E-state index contributed by atoms with van der Waals surface area (Å²) in [6, 6.07) is 13.6. The largest absolute Gasteiger partial charge is 0.325 e. The summed E-state index contributed by atoms with van der Waals surface area (Å²) in [5, 5.41) is 11.6. The first kappa shape index (κ1) is 23.3. The topological polar surface area (TPSA) is 93.9 Å². The third-order valence-corrected chi connectivity index (χ3v) is 7.89. The molecule has 0 spiro atoms. The van der Waals surface area contributed by atoms with Gasteiger partial charge in [0.25, 0.3) is 0 Å². The van der Waals surface area contributed by atoms with Gasteiger partial charge < -0.3 is 9.88 Å². The molecule has 10 heteroatoms. The van der Waals surface area contributed by atoms with Crippen molar-refractivity contribution in [2.75, 3.05) is 5.32 Å². The maximum atomic E-state index is 12.7. The minimum absolute atomic E-state index is 0.188. The van der Waals surface area contributed by atoms with Crippen molar-refractivity contribution in [1.82, 2.24) is 14.8 Å². The molecule has 1 amide bonds. The average Bonchev–Trinajstić information content (AvgIpc) is 3.05. The molecule has 1 heterocycles. The van der Waals surface area contributed by atoms with Gasteiger partial charge in [0.05, 0.1) is 10.1 Å². The van der Waals surface area contributed by atoms with Crippen molar-refractivity contribution >= 4 is 44.8 Å². The molecular weight excluding hydrogens is 456 g/mol. The molecule has 0 aliphatic carbocycles. The molecular formula is C21H23ClN4O3S2. The van der Waals surface area contributed by atoms with Gasteiger partial charge in [-0.25, -0.2) is 8.42 Å². The van der Waals surface area contributed by atoms with Crippen LogP contribution in [0, 0.1) is 6.92 Å². The van der Waals surface area contributed by atoms with Gasteiger partial charge in [0.2, 0.25) is 5.91 Å². The van der Waals surface area contributed by atoms with E-state index in [1.165, 1.54) is 11.8 Å². The van der Waals surface area contributed by atoms with Crippen LogP contribution in [0.1, 0.15) is 24.7 Å². The van der Waals surface area contributed by atoms with Crippen molar-refractivity contribution in [3.05, 3.63) is 64.9 Å². The van der Waals surface area contributed by atoms with Gasteiger partial charge in [0.15, 0.2) is 15.0 Å². The van der Waals surface area contributed by atoms with Crippen LogP contribution in [0.3, 0.4) is 0 Å². The maximum Gasteiger partial charge on any atom is 0.237 e. The van der Waals surface area contributed by atoms with Crippen molar-refractivity contribution < 1.29 is 13.2 Å². The Labute approximate surface area is 191 Å². The number of hydrogen-bond donors (Lipinski definition) is 1. The first-order valence-corrected chi connectivity index (χ1v) is 12.5. The zero-order chi connectivity index (χ0) is 22.6. The molecule has 1 N–H and O–H groups in total. The highest BCUT2D eigenvalue weighted by Crippen LogP contribution is 2.26. The Balaban J connectivity index is 1.72. The minimum atomic E-state index is -3.56. The molecule has 1 aromatic heterocycles. The van der Waals surface area contributed by atoms with Crippen molar-refractivity contribution in [3.63, 3.8) is 0 Å². The number of benzene rings is 2. The molecule has 3 aromatic rings. The van der Waals surface area contributed by atoms with Crippen LogP contribution < -0.4 is 5.32 Å². The summed E-state index contributed by atoms with van der Waals surface area (Å²) in [4.78, 5) is 12.9. The molecule has 0 saturated heterocycles. The number of halogens is 1. The predicted molar refractivity (Wildman–Crippen MR) is 123 cm³/mol. The van der Waals surface area contributed by atoms with Crippen LogP contribution in [0.15, 0.2) is 58.6 Å². The van der Waals surface area contributed by atoms with Crippen LogP contribution in [0.5, 0.6) is 0 Å². The van der Waals surface area contributed by atoms with Gasteiger partial charge in [-0.1, -0.05) is 54.0 Å². The van der Waals surface area contributed by atoms with Crippen LogP contribution in [-0.2, 0) is 27.4 Å². The zero-order valence-electron chi connectivity index (χ0n) is 17.4. The van der Waals surface area contributed by atoms with E-state index in [0.29, 0.717) is 28.1 Å². The third-order valence-electron chi connectivity index (χ3n) is 4.63. The van der Waals surface area contributed by atoms with Gasteiger partial charge in [-0.2, -0.15) is 0 Å². The molecule has 0 aliphatic heterocycles. The lowest BCUT2D eigenvalue weighted by Crippen LogP contribution is -2.25. The second-order valence-electron chi connectivity index (χ2n) is 7.04. The molecule has 1 unspecified atom stereocenters. The number of hydrogen-bond acceptors (Lipinski definition) is 6. The first-order valence-electron chi connectivity index (χ1n) is 9.60. The van der Waals surface area contributed by atoms with Crippen molar-refractivity contribution in [1.29, 1.82) is 0 Å². The van der Waals surface area contributed by atoms with E-state index in [9.17, 15) is 13.2 Å². The number of rotatable bonds is 8. The van der Waals surface area contributed by atoms with E-state index < -0.39 is 15.1 Å². The van der Waals surface area contributed by atoms with E-state index in [1.54, 1.807) is 60.1 Å².